The first-order valence-corrected chi connectivity index (χ1v) is 6.50. The van der Waals surface area contributed by atoms with E-state index in [1.54, 1.807) is 12.4 Å². The molecule has 4 N–H and O–H groups in total. The number of primary amides is 1. The molecule has 1 aromatic rings. The summed E-state index contributed by atoms with van der Waals surface area (Å²) in [6.07, 6.45) is 4.19. The van der Waals surface area contributed by atoms with Crippen molar-refractivity contribution in [1.82, 2.24) is 15.6 Å². The van der Waals surface area contributed by atoms with Crippen LogP contribution in [0, 0.1) is 5.41 Å². The second kappa shape index (κ2) is 6.88. The lowest BCUT2D eigenvalue weighted by atomic mass is 9.86. The Labute approximate surface area is 119 Å². The molecule has 0 aliphatic carbocycles. The Balaban J connectivity index is 2.73. The molecule has 0 radical (unpaired) electrons. The summed E-state index contributed by atoms with van der Waals surface area (Å²) in [7, 11) is 0. The van der Waals surface area contributed by atoms with Gasteiger partial charge in [0.25, 0.3) is 0 Å². The maximum absolute atomic E-state index is 11.8. The van der Waals surface area contributed by atoms with E-state index in [0.717, 1.165) is 12.0 Å². The molecule has 1 rings (SSSR count). The van der Waals surface area contributed by atoms with E-state index in [4.69, 9.17) is 5.73 Å². The molecule has 0 saturated heterocycles. The number of hydrogen-bond donors (Lipinski definition) is 3. The molecule has 0 bridgehead atoms. The standard InChI is InChI=1S/C14H22N4O2/c1-14(2,3)7-11(10-5-4-6-16-8-10)18-12(19)9-17-13(15)20/h4-6,8,11H,7,9H2,1-3H3,(H,18,19)(H3,15,17,20). The molecular formula is C14H22N4O2. The zero-order valence-corrected chi connectivity index (χ0v) is 12.1. The summed E-state index contributed by atoms with van der Waals surface area (Å²) in [4.78, 5) is 26.5. The molecule has 20 heavy (non-hydrogen) atoms. The fourth-order valence-corrected chi connectivity index (χ4v) is 1.86. The Morgan fingerprint density at radius 3 is 2.60 bits per heavy atom. The minimum atomic E-state index is -0.714. The minimum absolute atomic E-state index is 0.0465. The van der Waals surface area contributed by atoms with E-state index in [1.165, 1.54) is 0 Å². The molecule has 1 unspecified atom stereocenters. The van der Waals surface area contributed by atoms with Crippen LogP contribution in [0.25, 0.3) is 0 Å². The molecule has 6 nitrogen and oxygen atoms in total. The van der Waals surface area contributed by atoms with Gasteiger partial charge in [-0.05, 0) is 23.5 Å². The van der Waals surface area contributed by atoms with Crippen molar-refractivity contribution in [3.05, 3.63) is 30.1 Å². The molecule has 0 aliphatic heterocycles. The van der Waals surface area contributed by atoms with Crippen LogP contribution in [0.4, 0.5) is 4.79 Å². The van der Waals surface area contributed by atoms with E-state index in [2.05, 4.69) is 36.4 Å². The van der Waals surface area contributed by atoms with Crippen LogP contribution in [0.1, 0.15) is 38.8 Å². The number of carbonyl (C=O) groups is 2. The predicted octanol–water partition coefficient (Wildman–Crippen LogP) is 1.34. The van der Waals surface area contributed by atoms with Crippen molar-refractivity contribution in [2.75, 3.05) is 6.54 Å². The average Bonchev–Trinajstić information content (AvgIpc) is 2.35. The molecule has 0 fully saturated rings. The van der Waals surface area contributed by atoms with E-state index in [1.807, 2.05) is 12.1 Å². The minimum Gasteiger partial charge on any atom is -0.352 e. The fraction of sp³-hybridized carbons (Fsp3) is 0.500. The monoisotopic (exact) mass is 278 g/mol. The van der Waals surface area contributed by atoms with Gasteiger partial charge in [0.1, 0.15) is 0 Å². The Morgan fingerprint density at radius 1 is 1.40 bits per heavy atom. The fourth-order valence-electron chi connectivity index (χ4n) is 1.86. The Bertz CT molecular complexity index is 454. The molecule has 6 heteroatoms. The Morgan fingerprint density at radius 2 is 2.10 bits per heavy atom. The van der Waals surface area contributed by atoms with Crippen LogP contribution < -0.4 is 16.4 Å². The van der Waals surface area contributed by atoms with Gasteiger partial charge in [0.2, 0.25) is 5.91 Å². The van der Waals surface area contributed by atoms with E-state index in [9.17, 15) is 9.59 Å². The average molecular weight is 278 g/mol. The summed E-state index contributed by atoms with van der Waals surface area (Å²) >= 11 is 0. The summed E-state index contributed by atoms with van der Waals surface area (Å²) < 4.78 is 0. The molecule has 0 spiro atoms. The third kappa shape index (κ3) is 6.17. The van der Waals surface area contributed by atoms with Crippen LogP contribution in [0.2, 0.25) is 0 Å². The number of urea groups is 1. The zero-order valence-electron chi connectivity index (χ0n) is 12.1. The third-order valence-electron chi connectivity index (χ3n) is 2.66. The number of amides is 3. The first kappa shape index (κ1) is 15.9. The predicted molar refractivity (Wildman–Crippen MR) is 76.8 cm³/mol. The van der Waals surface area contributed by atoms with Gasteiger partial charge in [-0.1, -0.05) is 26.8 Å². The normalized spacial score (nSPS) is 12.6. The van der Waals surface area contributed by atoms with Crippen molar-refractivity contribution in [2.24, 2.45) is 11.1 Å². The number of rotatable bonds is 5. The van der Waals surface area contributed by atoms with Crippen molar-refractivity contribution in [3.8, 4) is 0 Å². The lowest BCUT2D eigenvalue weighted by molar-refractivity contribution is -0.121. The van der Waals surface area contributed by atoms with Gasteiger partial charge in [0, 0.05) is 12.4 Å². The second-order valence-electron chi connectivity index (χ2n) is 5.89. The number of hydrogen-bond acceptors (Lipinski definition) is 3. The third-order valence-corrected chi connectivity index (χ3v) is 2.66. The van der Waals surface area contributed by atoms with E-state index < -0.39 is 6.03 Å². The number of nitrogens with one attached hydrogen (secondary N) is 2. The number of aromatic nitrogens is 1. The van der Waals surface area contributed by atoms with Gasteiger partial charge in [0.15, 0.2) is 0 Å². The molecule has 0 aromatic carbocycles. The lowest BCUT2D eigenvalue weighted by Crippen LogP contribution is -2.41. The Kier molecular flexibility index (Phi) is 5.49. The van der Waals surface area contributed by atoms with Crippen LogP contribution in [0.15, 0.2) is 24.5 Å². The van der Waals surface area contributed by atoms with Crippen molar-refractivity contribution in [1.29, 1.82) is 0 Å². The van der Waals surface area contributed by atoms with Gasteiger partial charge in [-0.25, -0.2) is 4.79 Å². The molecule has 0 saturated carbocycles. The molecule has 1 heterocycles. The highest BCUT2D eigenvalue weighted by molar-refractivity contribution is 5.83. The number of nitrogens with two attached hydrogens (primary N) is 1. The smallest absolute Gasteiger partial charge is 0.312 e. The molecule has 3 amide bonds. The first-order chi connectivity index (χ1) is 9.28. The first-order valence-electron chi connectivity index (χ1n) is 6.50. The number of carbonyl (C=O) groups excluding carboxylic acids is 2. The summed E-state index contributed by atoms with van der Waals surface area (Å²) in [5.74, 6) is -0.276. The van der Waals surface area contributed by atoms with E-state index in [0.29, 0.717) is 0 Å². The quantitative estimate of drug-likeness (QED) is 0.758. The van der Waals surface area contributed by atoms with Gasteiger partial charge >= 0.3 is 6.03 Å². The topological polar surface area (TPSA) is 97.1 Å². The molecule has 0 aliphatic rings. The maximum atomic E-state index is 11.8. The van der Waals surface area contributed by atoms with Gasteiger partial charge in [-0.15, -0.1) is 0 Å². The summed E-state index contributed by atoms with van der Waals surface area (Å²) in [6.45, 7) is 6.18. The van der Waals surface area contributed by atoms with Crippen molar-refractivity contribution < 1.29 is 9.59 Å². The summed E-state index contributed by atoms with van der Waals surface area (Å²) in [6, 6.07) is 2.89. The van der Waals surface area contributed by atoms with Gasteiger partial charge in [0.05, 0.1) is 12.6 Å². The van der Waals surface area contributed by atoms with Crippen molar-refractivity contribution in [2.45, 2.75) is 33.2 Å². The highest BCUT2D eigenvalue weighted by Crippen LogP contribution is 2.28. The molecule has 110 valence electrons. The zero-order chi connectivity index (χ0) is 15.2. The van der Waals surface area contributed by atoms with E-state index >= 15 is 0 Å². The van der Waals surface area contributed by atoms with Crippen LogP contribution in [0.5, 0.6) is 0 Å². The second-order valence-corrected chi connectivity index (χ2v) is 5.89. The van der Waals surface area contributed by atoms with Gasteiger partial charge < -0.3 is 16.4 Å². The van der Waals surface area contributed by atoms with E-state index in [-0.39, 0.29) is 23.9 Å². The molecule has 1 atom stereocenters. The van der Waals surface area contributed by atoms with Crippen LogP contribution in [0.3, 0.4) is 0 Å². The highest BCUT2D eigenvalue weighted by atomic mass is 16.2. The summed E-state index contributed by atoms with van der Waals surface area (Å²) in [5, 5.41) is 5.17. The maximum Gasteiger partial charge on any atom is 0.312 e. The number of pyridine rings is 1. The lowest BCUT2D eigenvalue weighted by Gasteiger charge is -2.27. The number of nitrogens with zero attached hydrogens (tertiary/aromatic N) is 1. The summed E-state index contributed by atoms with van der Waals surface area (Å²) in [5.41, 5.74) is 5.93. The molecule has 1 aromatic heterocycles. The highest BCUT2D eigenvalue weighted by Gasteiger charge is 2.22. The van der Waals surface area contributed by atoms with Crippen LogP contribution >= 0.6 is 0 Å². The van der Waals surface area contributed by atoms with Crippen LogP contribution in [-0.2, 0) is 4.79 Å². The Hall–Kier alpha value is -2.11. The van der Waals surface area contributed by atoms with Crippen LogP contribution in [-0.4, -0.2) is 23.5 Å². The van der Waals surface area contributed by atoms with Crippen molar-refractivity contribution >= 4 is 11.9 Å². The van der Waals surface area contributed by atoms with Gasteiger partial charge in [-0.3, -0.25) is 9.78 Å². The SMILES string of the molecule is CC(C)(C)CC(NC(=O)CNC(N)=O)c1cccnc1. The largest absolute Gasteiger partial charge is 0.352 e. The molecular weight excluding hydrogens is 256 g/mol. The van der Waals surface area contributed by atoms with Gasteiger partial charge in [-0.2, -0.15) is 0 Å². The van der Waals surface area contributed by atoms with Crippen molar-refractivity contribution in [3.63, 3.8) is 0 Å².